The van der Waals surface area contributed by atoms with Crippen LogP contribution in [-0.4, -0.2) is 20.0 Å². The Hall–Kier alpha value is -2.11. The highest BCUT2D eigenvalue weighted by atomic mass is 32.2. The number of benzene rings is 2. The van der Waals surface area contributed by atoms with Crippen molar-refractivity contribution >= 4 is 21.1 Å². The minimum atomic E-state index is -3.23. The molecule has 0 saturated heterocycles. The van der Waals surface area contributed by atoms with Crippen LogP contribution in [-0.2, 0) is 16.2 Å². The Morgan fingerprint density at radius 3 is 2.25 bits per heavy atom. The largest absolute Gasteiger partial charge is 0.366 e. The van der Waals surface area contributed by atoms with E-state index >= 15 is 0 Å². The Morgan fingerprint density at radius 2 is 1.70 bits per heavy atom. The van der Waals surface area contributed by atoms with Gasteiger partial charge in [-0.2, -0.15) is 0 Å². The normalized spacial score (nSPS) is 13.4. The molecule has 2 rings (SSSR count). The van der Waals surface area contributed by atoms with Crippen LogP contribution >= 0.6 is 0 Å². The van der Waals surface area contributed by atoms with Crippen molar-refractivity contribution in [2.75, 3.05) is 0 Å². The number of hydrogen-bond acceptors (Lipinski definition) is 2. The number of primary amides is 1. The van der Waals surface area contributed by atoms with E-state index < -0.39 is 15.7 Å². The lowest BCUT2D eigenvalue weighted by Gasteiger charge is -2.05. The molecule has 0 aliphatic rings. The summed E-state index contributed by atoms with van der Waals surface area (Å²) in [6.07, 6.45) is 0.397. The van der Waals surface area contributed by atoms with Crippen LogP contribution in [0.2, 0.25) is 0 Å². The molecular weight excluding hydrogens is 274 g/mol. The molecular formula is C15H15NO3S. The third kappa shape index (κ3) is 3.46. The molecule has 104 valence electrons. The Morgan fingerprint density at radius 1 is 1.10 bits per heavy atom. The first-order valence-corrected chi connectivity index (χ1v) is 7.60. The van der Waals surface area contributed by atoms with Gasteiger partial charge in [-0.15, -0.1) is 0 Å². The van der Waals surface area contributed by atoms with Crippen molar-refractivity contribution in [1.82, 2.24) is 0 Å². The van der Waals surface area contributed by atoms with Gasteiger partial charge in [-0.1, -0.05) is 30.3 Å². The van der Waals surface area contributed by atoms with Crippen LogP contribution in [0.25, 0.3) is 0 Å². The summed E-state index contributed by atoms with van der Waals surface area (Å²) < 4.78 is 22.3. The molecule has 2 aromatic rings. The molecule has 0 heterocycles. The summed E-state index contributed by atoms with van der Waals surface area (Å²) in [5.41, 5.74) is 6.40. The molecule has 0 aromatic heterocycles. The van der Waals surface area contributed by atoms with Crippen molar-refractivity contribution < 1.29 is 13.6 Å². The molecule has 0 radical (unpaired) electrons. The monoisotopic (exact) mass is 289 g/mol. The van der Waals surface area contributed by atoms with Crippen LogP contribution in [0, 0.1) is 0 Å². The van der Waals surface area contributed by atoms with Crippen molar-refractivity contribution in [2.45, 2.75) is 11.3 Å². The number of carbonyl (C=O) groups excluding carboxylic acids is 1. The van der Waals surface area contributed by atoms with Crippen LogP contribution in [0.3, 0.4) is 0 Å². The van der Waals surface area contributed by atoms with Crippen molar-refractivity contribution in [3.05, 3.63) is 65.7 Å². The summed E-state index contributed by atoms with van der Waals surface area (Å²) in [6.45, 7) is 0. The van der Waals surface area contributed by atoms with E-state index in [1.807, 2.05) is 30.3 Å². The summed E-state index contributed by atoms with van der Waals surface area (Å²) in [7, 11) is -3.23. The van der Waals surface area contributed by atoms with Gasteiger partial charge in [-0.05, 0) is 29.8 Å². The first-order chi connectivity index (χ1) is 9.49. The number of rotatable bonds is 4. The van der Waals surface area contributed by atoms with Crippen molar-refractivity contribution in [2.24, 2.45) is 5.73 Å². The molecule has 0 saturated carbocycles. The molecule has 1 amide bonds. The first kappa shape index (κ1) is 14.3. The summed E-state index contributed by atoms with van der Waals surface area (Å²) in [5.74, 6) is -0.561. The van der Waals surface area contributed by atoms with Gasteiger partial charge in [0.15, 0.2) is 0 Å². The average Bonchev–Trinajstić information content (AvgIpc) is 2.46. The van der Waals surface area contributed by atoms with Crippen molar-refractivity contribution in [1.29, 1.82) is 0 Å². The molecule has 20 heavy (non-hydrogen) atoms. The maximum atomic E-state index is 12.2. The van der Waals surface area contributed by atoms with Crippen molar-refractivity contribution in [3.63, 3.8) is 0 Å². The van der Waals surface area contributed by atoms with E-state index in [-0.39, 0.29) is 4.90 Å². The van der Waals surface area contributed by atoms with Crippen LogP contribution in [0.4, 0.5) is 0 Å². The summed E-state index contributed by atoms with van der Waals surface area (Å²) in [5, 5.41) is 1.38. The highest BCUT2D eigenvalue weighted by Crippen LogP contribution is 2.11. The Labute approximate surface area is 118 Å². The zero-order valence-corrected chi connectivity index (χ0v) is 11.5. The van der Waals surface area contributed by atoms with E-state index in [9.17, 15) is 13.6 Å². The van der Waals surface area contributed by atoms with E-state index in [2.05, 4.69) is 0 Å². The third-order valence-corrected chi connectivity index (χ3v) is 4.43. The second-order valence-corrected chi connectivity index (χ2v) is 6.26. The molecule has 1 atom stereocenters. The number of carbonyl (C=O) groups is 1. The predicted octanol–water partition coefficient (Wildman–Crippen LogP) is 1.95. The minimum Gasteiger partial charge on any atom is -0.366 e. The van der Waals surface area contributed by atoms with Gasteiger partial charge in [0, 0.05) is 17.4 Å². The fourth-order valence-corrected chi connectivity index (χ4v) is 2.87. The second-order valence-electron chi connectivity index (χ2n) is 4.31. The smallest absolute Gasteiger partial charge is 0.248 e. The summed E-state index contributed by atoms with van der Waals surface area (Å²) in [6, 6.07) is 15.2. The molecule has 0 spiro atoms. The lowest BCUT2D eigenvalue weighted by molar-refractivity contribution is 0.1000. The fraction of sp³-hybridized carbons (Fsp3) is 0.0667. The fourth-order valence-electron chi connectivity index (χ4n) is 1.73. The lowest BCUT2D eigenvalue weighted by atomic mass is 10.2. The Balaban J connectivity index is 2.25. The van der Waals surface area contributed by atoms with E-state index in [0.717, 1.165) is 5.56 Å². The van der Waals surface area contributed by atoms with Crippen molar-refractivity contribution in [3.8, 4) is 0 Å². The number of hydrogen-bond donors (Lipinski definition) is 2. The third-order valence-electron chi connectivity index (χ3n) is 2.86. The maximum Gasteiger partial charge on any atom is 0.248 e. The molecule has 0 aliphatic heterocycles. The first-order valence-electron chi connectivity index (χ1n) is 6.03. The molecule has 0 aliphatic carbocycles. The van der Waals surface area contributed by atoms with Gasteiger partial charge >= 0.3 is 0 Å². The zero-order valence-electron chi connectivity index (χ0n) is 10.7. The van der Waals surface area contributed by atoms with Crippen LogP contribution in [0.15, 0.2) is 59.5 Å². The lowest BCUT2D eigenvalue weighted by Crippen LogP contribution is -2.11. The van der Waals surface area contributed by atoms with E-state index in [4.69, 9.17) is 5.73 Å². The van der Waals surface area contributed by atoms with Crippen LogP contribution in [0.5, 0.6) is 0 Å². The van der Waals surface area contributed by atoms with Gasteiger partial charge in [-0.3, -0.25) is 4.79 Å². The Bertz CT molecular complexity index is 715. The number of amides is 1. The summed E-state index contributed by atoms with van der Waals surface area (Å²) in [4.78, 5) is 11.2. The van der Waals surface area contributed by atoms with E-state index in [1.54, 1.807) is 0 Å². The van der Waals surface area contributed by atoms with E-state index in [0.29, 0.717) is 12.0 Å². The van der Waals surface area contributed by atoms with Gasteiger partial charge in [0.25, 0.3) is 0 Å². The quantitative estimate of drug-likeness (QED) is 0.844. The molecule has 0 bridgehead atoms. The average molecular weight is 289 g/mol. The van der Waals surface area contributed by atoms with Gasteiger partial charge < -0.3 is 10.3 Å². The summed E-state index contributed by atoms with van der Waals surface area (Å²) >= 11 is 0. The highest BCUT2D eigenvalue weighted by molar-refractivity contribution is 7.96. The zero-order chi connectivity index (χ0) is 14.6. The van der Waals surface area contributed by atoms with Gasteiger partial charge in [0.05, 0.1) is 4.90 Å². The van der Waals surface area contributed by atoms with Crippen LogP contribution < -0.4 is 5.73 Å². The van der Waals surface area contributed by atoms with Gasteiger partial charge in [0.1, 0.15) is 9.80 Å². The van der Waals surface area contributed by atoms with Gasteiger partial charge in [0.2, 0.25) is 5.91 Å². The molecule has 0 fully saturated rings. The molecule has 2 aromatic carbocycles. The SMILES string of the molecule is NC(=O)c1ccc(S(=O)(O)=CCc2ccccc2)cc1. The maximum absolute atomic E-state index is 12.2. The second kappa shape index (κ2) is 5.90. The highest BCUT2D eigenvalue weighted by Gasteiger charge is 2.07. The number of nitrogens with two attached hydrogens (primary N) is 1. The minimum absolute atomic E-state index is 0.262. The molecule has 1 unspecified atom stereocenters. The van der Waals surface area contributed by atoms with Crippen LogP contribution in [0.1, 0.15) is 15.9 Å². The molecule has 4 nitrogen and oxygen atoms in total. The molecule has 5 heteroatoms. The standard InChI is InChI=1S/C15H15NO3S/c16-15(17)13-6-8-14(9-7-13)20(18,19)11-10-12-4-2-1-3-5-12/h1-9,11H,10H2,(H2,16,17)(H,18,19). The Kier molecular flexibility index (Phi) is 4.22. The van der Waals surface area contributed by atoms with Gasteiger partial charge in [-0.25, -0.2) is 4.21 Å². The predicted molar refractivity (Wildman–Crippen MR) is 80.2 cm³/mol. The molecule has 3 N–H and O–H groups in total. The topological polar surface area (TPSA) is 80.4 Å². The van der Waals surface area contributed by atoms with E-state index in [1.165, 1.54) is 29.6 Å².